The maximum absolute atomic E-state index is 11.4. The first kappa shape index (κ1) is 15.6. The molecule has 0 radical (unpaired) electrons. The van der Waals surface area contributed by atoms with Crippen LogP contribution in [-0.2, 0) is 14.3 Å². The number of hydrogen-bond donors (Lipinski definition) is 3. The second-order valence-corrected chi connectivity index (χ2v) is 3.87. The van der Waals surface area contributed by atoms with E-state index in [2.05, 4.69) is 15.8 Å². The number of nitrogens with zero attached hydrogens (tertiary/aromatic N) is 1. The number of aromatic hydroxyl groups is 1. The molecule has 0 aliphatic heterocycles. The molecule has 0 aliphatic carbocycles. The summed E-state index contributed by atoms with van der Waals surface area (Å²) in [6, 6.07) is 6.55. The van der Waals surface area contributed by atoms with Crippen molar-refractivity contribution >= 4 is 18.0 Å². The first-order valence-electron chi connectivity index (χ1n) is 5.99. The highest BCUT2D eigenvalue weighted by molar-refractivity contribution is 5.97. The number of carbonyl (C=O) groups excluding carboxylic acids is 2. The molecule has 2 amide bonds. The van der Waals surface area contributed by atoms with Crippen molar-refractivity contribution in [1.29, 1.82) is 0 Å². The van der Waals surface area contributed by atoms with Gasteiger partial charge in [-0.05, 0) is 12.1 Å². The lowest BCUT2D eigenvalue weighted by molar-refractivity contribution is -0.129. The van der Waals surface area contributed by atoms with Gasteiger partial charge in [-0.2, -0.15) is 5.10 Å². The van der Waals surface area contributed by atoms with Gasteiger partial charge in [0.25, 0.3) is 0 Å². The van der Waals surface area contributed by atoms with Crippen molar-refractivity contribution in [3.8, 4) is 5.75 Å². The van der Waals surface area contributed by atoms with Gasteiger partial charge in [0.05, 0.1) is 12.8 Å². The van der Waals surface area contributed by atoms with Gasteiger partial charge >= 0.3 is 0 Å². The lowest BCUT2D eigenvalue weighted by atomic mass is 10.2. The third-order valence-electron chi connectivity index (χ3n) is 2.28. The minimum Gasteiger partial charge on any atom is -0.507 e. The number of rotatable bonds is 7. The number of phenolic OH excluding ortho intramolecular Hbond substituents is 1. The van der Waals surface area contributed by atoms with E-state index in [1.54, 1.807) is 18.2 Å². The number of carbonyl (C=O) groups is 2. The second kappa shape index (κ2) is 8.65. The fourth-order valence-corrected chi connectivity index (χ4v) is 1.31. The normalized spacial score (nSPS) is 10.4. The number of amides is 2. The number of para-hydroxylation sites is 1. The van der Waals surface area contributed by atoms with E-state index < -0.39 is 11.8 Å². The molecular weight excluding hydrogens is 262 g/mol. The van der Waals surface area contributed by atoms with Crippen molar-refractivity contribution in [2.24, 2.45) is 5.10 Å². The van der Waals surface area contributed by atoms with Crippen LogP contribution in [0.5, 0.6) is 5.75 Å². The van der Waals surface area contributed by atoms with Crippen molar-refractivity contribution in [2.75, 3.05) is 20.3 Å². The molecule has 1 rings (SSSR count). The molecule has 1 aromatic carbocycles. The van der Waals surface area contributed by atoms with Crippen LogP contribution in [0, 0.1) is 0 Å². The molecule has 0 unspecified atom stereocenters. The first-order chi connectivity index (χ1) is 9.63. The zero-order chi connectivity index (χ0) is 14.8. The summed E-state index contributed by atoms with van der Waals surface area (Å²) < 4.78 is 4.76. The molecule has 0 saturated heterocycles. The predicted molar refractivity (Wildman–Crippen MR) is 73.3 cm³/mol. The Balaban J connectivity index is 2.33. The van der Waals surface area contributed by atoms with E-state index >= 15 is 0 Å². The summed E-state index contributed by atoms with van der Waals surface area (Å²) in [6.45, 7) is 0.739. The lowest BCUT2D eigenvalue weighted by Crippen LogP contribution is -2.31. The monoisotopic (exact) mass is 279 g/mol. The number of phenols is 1. The fourth-order valence-electron chi connectivity index (χ4n) is 1.31. The van der Waals surface area contributed by atoms with Crippen LogP contribution in [0.1, 0.15) is 12.0 Å². The Kier molecular flexibility index (Phi) is 6.77. The average molecular weight is 279 g/mol. The molecule has 20 heavy (non-hydrogen) atoms. The first-order valence-corrected chi connectivity index (χ1v) is 5.99. The Hall–Kier alpha value is -2.41. The van der Waals surface area contributed by atoms with Crippen LogP contribution in [0.3, 0.4) is 0 Å². The summed E-state index contributed by atoms with van der Waals surface area (Å²) in [7, 11) is 1.52. The number of hydrogen-bond acceptors (Lipinski definition) is 5. The van der Waals surface area contributed by atoms with Crippen molar-refractivity contribution in [2.45, 2.75) is 6.42 Å². The number of ether oxygens (including phenoxy) is 1. The number of hydrazone groups is 1. The summed E-state index contributed by atoms with van der Waals surface area (Å²) in [4.78, 5) is 22.7. The average Bonchev–Trinajstić information content (AvgIpc) is 2.41. The topological polar surface area (TPSA) is 100 Å². The second-order valence-electron chi connectivity index (χ2n) is 3.87. The molecule has 0 spiro atoms. The van der Waals surface area contributed by atoms with Gasteiger partial charge in [-0.15, -0.1) is 0 Å². The predicted octanol–water partition coefficient (Wildman–Crippen LogP) is -0.00500. The van der Waals surface area contributed by atoms with E-state index in [-0.39, 0.29) is 12.2 Å². The zero-order valence-electron chi connectivity index (χ0n) is 11.1. The highest BCUT2D eigenvalue weighted by Gasteiger charge is 2.07. The molecule has 0 aliphatic rings. The standard InChI is InChI=1S/C13H17N3O4/c1-20-7-6-14-12(18)8-13(19)16-15-9-10-4-2-3-5-11(10)17/h2-5,9,17H,6-8H2,1H3,(H,14,18)(H,16,19)/b15-9+. The van der Waals surface area contributed by atoms with Gasteiger partial charge in [0.2, 0.25) is 11.8 Å². The van der Waals surface area contributed by atoms with E-state index in [4.69, 9.17) is 4.74 Å². The lowest BCUT2D eigenvalue weighted by Gasteiger charge is -2.03. The maximum atomic E-state index is 11.4. The maximum Gasteiger partial charge on any atom is 0.249 e. The third kappa shape index (κ3) is 5.96. The SMILES string of the molecule is COCCNC(=O)CC(=O)N/N=C/c1ccccc1O. The van der Waals surface area contributed by atoms with Crippen LogP contribution in [-0.4, -0.2) is 43.4 Å². The van der Waals surface area contributed by atoms with Gasteiger partial charge in [-0.1, -0.05) is 12.1 Å². The molecule has 0 aromatic heterocycles. The molecule has 0 bridgehead atoms. The smallest absolute Gasteiger partial charge is 0.249 e. The molecule has 0 atom stereocenters. The van der Waals surface area contributed by atoms with E-state index in [1.165, 1.54) is 19.4 Å². The summed E-state index contributed by atoms with van der Waals surface area (Å²) in [5.41, 5.74) is 2.68. The molecule has 3 N–H and O–H groups in total. The van der Waals surface area contributed by atoms with E-state index in [0.717, 1.165) is 0 Å². The molecular formula is C13H17N3O4. The van der Waals surface area contributed by atoms with Crippen LogP contribution < -0.4 is 10.7 Å². The zero-order valence-corrected chi connectivity index (χ0v) is 11.1. The minimum atomic E-state index is -0.536. The summed E-state index contributed by atoms with van der Waals surface area (Å²) >= 11 is 0. The quantitative estimate of drug-likeness (QED) is 0.283. The minimum absolute atomic E-state index is 0.0582. The van der Waals surface area contributed by atoms with Crippen LogP contribution in [0.2, 0.25) is 0 Å². The van der Waals surface area contributed by atoms with E-state index in [1.807, 2.05) is 0 Å². The van der Waals surface area contributed by atoms with Crippen molar-refractivity contribution in [3.05, 3.63) is 29.8 Å². The summed E-state index contributed by atoms with van der Waals surface area (Å²) in [6.07, 6.45) is 0.984. The van der Waals surface area contributed by atoms with Gasteiger partial charge in [-0.3, -0.25) is 9.59 Å². The van der Waals surface area contributed by atoms with Gasteiger partial charge in [0.1, 0.15) is 12.2 Å². The molecule has 7 heteroatoms. The largest absolute Gasteiger partial charge is 0.507 e. The van der Waals surface area contributed by atoms with Crippen molar-refractivity contribution in [1.82, 2.24) is 10.7 Å². The Morgan fingerprint density at radius 3 is 2.80 bits per heavy atom. The Morgan fingerprint density at radius 2 is 2.10 bits per heavy atom. The van der Waals surface area contributed by atoms with Gasteiger partial charge in [-0.25, -0.2) is 5.43 Å². The Bertz CT molecular complexity index is 488. The summed E-state index contributed by atoms with van der Waals surface area (Å²) in [5.74, 6) is -0.883. The Labute approximate surface area is 116 Å². The van der Waals surface area contributed by atoms with Gasteiger partial charge in [0, 0.05) is 19.2 Å². The fraction of sp³-hybridized carbons (Fsp3) is 0.308. The van der Waals surface area contributed by atoms with Crippen LogP contribution in [0.25, 0.3) is 0 Å². The molecule has 1 aromatic rings. The highest BCUT2D eigenvalue weighted by atomic mass is 16.5. The number of benzene rings is 1. The third-order valence-corrected chi connectivity index (χ3v) is 2.28. The van der Waals surface area contributed by atoms with Crippen LogP contribution >= 0.6 is 0 Å². The number of methoxy groups -OCH3 is 1. The number of nitrogens with one attached hydrogen (secondary N) is 2. The molecule has 0 heterocycles. The summed E-state index contributed by atoms with van der Waals surface area (Å²) in [5, 5.41) is 15.6. The van der Waals surface area contributed by atoms with Crippen molar-refractivity contribution < 1.29 is 19.4 Å². The Morgan fingerprint density at radius 1 is 1.35 bits per heavy atom. The molecule has 108 valence electrons. The van der Waals surface area contributed by atoms with Crippen LogP contribution in [0.4, 0.5) is 0 Å². The van der Waals surface area contributed by atoms with Crippen molar-refractivity contribution in [3.63, 3.8) is 0 Å². The van der Waals surface area contributed by atoms with E-state index in [0.29, 0.717) is 18.7 Å². The van der Waals surface area contributed by atoms with E-state index in [9.17, 15) is 14.7 Å². The molecule has 0 saturated carbocycles. The van der Waals surface area contributed by atoms with Gasteiger partial charge < -0.3 is 15.2 Å². The van der Waals surface area contributed by atoms with Crippen LogP contribution in [0.15, 0.2) is 29.4 Å². The molecule has 7 nitrogen and oxygen atoms in total. The highest BCUT2D eigenvalue weighted by Crippen LogP contribution is 2.12. The molecule has 0 fully saturated rings. The van der Waals surface area contributed by atoms with Gasteiger partial charge in [0.15, 0.2) is 0 Å².